The van der Waals surface area contributed by atoms with Gasteiger partial charge in [-0.25, -0.2) is 4.98 Å². The summed E-state index contributed by atoms with van der Waals surface area (Å²) in [5.74, 6) is 2.57. The Labute approximate surface area is 192 Å². The first-order valence-electron chi connectivity index (χ1n) is 10.2. The summed E-state index contributed by atoms with van der Waals surface area (Å²) >= 11 is 3.28. The van der Waals surface area contributed by atoms with Crippen molar-refractivity contribution in [3.8, 4) is 11.5 Å². The lowest BCUT2D eigenvalue weighted by molar-refractivity contribution is -0.118. The normalized spacial score (nSPS) is 11.1. The number of ether oxygens (including phenoxy) is 2. The van der Waals surface area contributed by atoms with Crippen LogP contribution in [-0.4, -0.2) is 62.9 Å². The molecule has 3 rings (SSSR count). The minimum Gasteiger partial charge on any atom is -0.497 e. The predicted molar refractivity (Wildman–Crippen MR) is 130 cm³/mol. The minimum atomic E-state index is 0.107. The van der Waals surface area contributed by atoms with Gasteiger partial charge in [-0.1, -0.05) is 17.4 Å². The second-order valence-electron chi connectivity index (χ2n) is 7.28. The van der Waals surface area contributed by atoms with Gasteiger partial charge in [0.1, 0.15) is 17.0 Å². The van der Waals surface area contributed by atoms with Crippen LogP contribution in [0.1, 0.15) is 12.8 Å². The second-order valence-corrected chi connectivity index (χ2v) is 9.46. The maximum absolute atomic E-state index is 13.1. The zero-order valence-electron chi connectivity index (χ0n) is 18.5. The predicted octanol–water partition coefficient (Wildman–Crippen LogP) is 4.78. The number of benzene rings is 2. The molecule has 0 saturated heterocycles. The van der Waals surface area contributed by atoms with E-state index in [9.17, 15) is 4.79 Å². The molecule has 0 saturated carbocycles. The first-order chi connectivity index (χ1) is 15.0. The van der Waals surface area contributed by atoms with Crippen LogP contribution in [0.4, 0.5) is 5.13 Å². The monoisotopic (exact) mass is 459 g/mol. The SMILES string of the molecule is COc1ccc(SCCCC(=O)N(CCN(C)C)c2nc3c(OC)cccc3s2)cc1. The van der Waals surface area contributed by atoms with Gasteiger partial charge >= 0.3 is 0 Å². The standard InChI is InChI=1S/C23H29N3O3S2/c1-25(2)14-15-26(23-24-22-19(29-4)7-5-8-20(22)31-23)21(27)9-6-16-30-18-12-10-17(28-3)11-13-18/h5,7-8,10-13H,6,9,14-16H2,1-4H3. The lowest BCUT2D eigenvalue weighted by Crippen LogP contribution is -2.36. The second kappa shape index (κ2) is 11.4. The molecule has 0 radical (unpaired) electrons. The Bertz CT molecular complexity index is 989. The van der Waals surface area contributed by atoms with E-state index in [0.29, 0.717) is 13.0 Å². The number of thiazole rings is 1. The lowest BCUT2D eigenvalue weighted by Gasteiger charge is -2.22. The van der Waals surface area contributed by atoms with Crippen LogP contribution in [0.2, 0.25) is 0 Å². The molecular formula is C23H29N3O3S2. The highest BCUT2D eigenvalue weighted by molar-refractivity contribution is 7.99. The highest BCUT2D eigenvalue weighted by atomic mass is 32.2. The van der Waals surface area contributed by atoms with Gasteiger partial charge in [-0.2, -0.15) is 0 Å². The highest BCUT2D eigenvalue weighted by Gasteiger charge is 2.20. The number of aromatic nitrogens is 1. The minimum absolute atomic E-state index is 0.107. The average molecular weight is 460 g/mol. The quantitative estimate of drug-likeness (QED) is 0.304. The van der Waals surface area contributed by atoms with Gasteiger partial charge < -0.3 is 14.4 Å². The van der Waals surface area contributed by atoms with E-state index < -0.39 is 0 Å². The average Bonchev–Trinajstić information content (AvgIpc) is 3.21. The van der Waals surface area contributed by atoms with Crippen LogP contribution < -0.4 is 14.4 Å². The summed E-state index contributed by atoms with van der Waals surface area (Å²) in [6, 6.07) is 13.9. The third-order valence-electron chi connectivity index (χ3n) is 4.76. The zero-order chi connectivity index (χ0) is 22.2. The fourth-order valence-corrected chi connectivity index (χ4v) is 4.92. The van der Waals surface area contributed by atoms with Gasteiger partial charge in [-0.3, -0.25) is 9.69 Å². The number of para-hydroxylation sites is 1. The molecular weight excluding hydrogens is 430 g/mol. The number of nitrogens with zero attached hydrogens (tertiary/aromatic N) is 3. The summed E-state index contributed by atoms with van der Waals surface area (Å²) in [6.45, 7) is 1.39. The molecule has 0 aliphatic rings. The first kappa shape index (κ1) is 23.4. The van der Waals surface area contributed by atoms with Crippen molar-refractivity contribution in [2.45, 2.75) is 17.7 Å². The van der Waals surface area contributed by atoms with Crippen molar-refractivity contribution >= 4 is 44.4 Å². The van der Waals surface area contributed by atoms with E-state index in [1.54, 1.807) is 26.0 Å². The van der Waals surface area contributed by atoms with Crippen molar-refractivity contribution in [2.75, 3.05) is 52.1 Å². The molecule has 0 bridgehead atoms. The summed E-state index contributed by atoms with van der Waals surface area (Å²) in [7, 11) is 7.33. The molecule has 0 N–H and O–H groups in total. The molecule has 0 unspecified atom stereocenters. The van der Waals surface area contributed by atoms with Gasteiger partial charge in [0, 0.05) is 24.4 Å². The molecule has 31 heavy (non-hydrogen) atoms. The maximum atomic E-state index is 13.1. The molecule has 0 fully saturated rings. The van der Waals surface area contributed by atoms with Crippen LogP contribution >= 0.6 is 23.1 Å². The molecule has 8 heteroatoms. The van der Waals surface area contributed by atoms with Crippen LogP contribution in [0.25, 0.3) is 10.2 Å². The molecule has 2 aromatic carbocycles. The summed E-state index contributed by atoms with van der Waals surface area (Å²) in [6.07, 6.45) is 1.30. The van der Waals surface area contributed by atoms with Gasteiger partial charge in [-0.15, -0.1) is 11.8 Å². The third kappa shape index (κ3) is 6.35. The van der Waals surface area contributed by atoms with Gasteiger partial charge in [0.2, 0.25) is 5.91 Å². The number of methoxy groups -OCH3 is 2. The molecule has 0 spiro atoms. The molecule has 0 aliphatic heterocycles. The van der Waals surface area contributed by atoms with Crippen LogP contribution in [0.15, 0.2) is 47.4 Å². The number of rotatable bonds is 11. The number of hydrogen-bond donors (Lipinski definition) is 0. The molecule has 166 valence electrons. The van der Waals surface area contributed by atoms with Gasteiger partial charge in [0.25, 0.3) is 0 Å². The highest BCUT2D eigenvalue weighted by Crippen LogP contribution is 2.34. The van der Waals surface area contributed by atoms with Gasteiger partial charge in [0.15, 0.2) is 5.13 Å². The molecule has 3 aromatic rings. The number of likely N-dealkylation sites (N-methyl/N-ethyl adjacent to an activating group) is 1. The van der Waals surface area contributed by atoms with E-state index in [2.05, 4.69) is 4.90 Å². The number of carbonyl (C=O) groups excluding carboxylic acids is 1. The summed E-state index contributed by atoms with van der Waals surface area (Å²) < 4.78 is 11.7. The Morgan fingerprint density at radius 3 is 2.52 bits per heavy atom. The van der Waals surface area contributed by atoms with E-state index in [-0.39, 0.29) is 5.91 Å². The van der Waals surface area contributed by atoms with E-state index >= 15 is 0 Å². The Morgan fingerprint density at radius 1 is 1.06 bits per heavy atom. The summed E-state index contributed by atoms with van der Waals surface area (Å²) in [4.78, 5) is 22.9. The first-order valence-corrected chi connectivity index (χ1v) is 12.0. The van der Waals surface area contributed by atoms with Gasteiger partial charge in [0.05, 0.1) is 18.9 Å². The van der Waals surface area contributed by atoms with Crippen molar-refractivity contribution < 1.29 is 14.3 Å². The van der Waals surface area contributed by atoms with E-state index in [0.717, 1.165) is 45.6 Å². The Balaban J connectivity index is 1.64. The molecule has 0 atom stereocenters. The molecule has 1 heterocycles. The number of fused-ring (bicyclic) bond motifs is 1. The van der Waals surface area contributed by atoms with Crippen LogP contribution in [0, 0.1) is 0 Å². The fraction of sp³-hybridized carbons (Fsp3) is 0.391. The summed E-state index contributed by atoms with van der Waals surface area (Å²) in [5.41, 5.74) is 0.808. The Morgan fingerprint density at radius 2 is 1.84 bits per heavy atom. The number of hydrogen-bond acceptors (Lipinski definition) is 7. The van der Waals surface area contributed by atoms with Crippen molar-refractivity contribution in [1.82, 2.24) is 9.88 Å². The number of amides is 1. The number of carbonyl (C=O) groups is 1. The van der Waals surface area contributed by atoms with Crippen molar-refractivity contribution in [3.05, 3.63) is 42.5 Å². The zero-order valence-corrected chi connectivity index (χ0v) is 20.1. The largest absolute Gasteiger partial charge is 0.497 e. The third-order valence-corrected chi connectivity index (χ3v) is 6.90. The fourth-order valence-electron chi connectivity index (χ4n) is 3.04. The lowest BCUT2D eigenvalue weighted by atomic mass is 10.3. The topological polar surface area (TPSA) is 54.9 Å². The van der Waals surface area contributed by atoms with Crippen molar-refractivity contribution in [1.29, 1.82) is 0 Å². The van der Waals surface area contributed by atoms with Gasteiger partial charge in [-0.05, 0) is 62.7 Å². The molecule has 1 amide bonds. The van der Waals surface area contributed by atoms with Crippen LogP contribution in [-0.2, 0) is 4.79 Å². The number of thioether (sulfide) groups is 1. The Kier molecular flexibility index (Phi) is 8.57. The molecule has 1 aromatic heterocycles. The smallest absolute Gasteiger partial charge is 0.228 e. The summed E-state index contributed by atoms with van der Waals surface area (Å²) in [5, 5.41) is 0.731. The van der Waals surface area contributed by atoms with Crippen molar-refractivity contribution in [2.24, 2.45) is 0 Å². The maximum Gasteiger partial charge on any atom is 0.228 e. The Hall–Kier alpha value is -2.29. The van der Waals surface area contributed by atoms with Crippen LogP contribution in [0.3, 0.4) is 0 Å². The van der Waals surface area contributed by atoms with Crippen molar-refractivity contribution in [3.63, 3.8) is 0 Å². The molecule has 0 aliphatic carbocycles. The van der Waals surface area contributed by atoms with E-state index in [1.807, 2.05) is 61.5 Å². The number of anilines is 1. The van der Waals surface area contributed by atoms with E-state index in [4.69, 9.17) is 14.5 Å². The molecule has 6 nitrogen and oxygen atoms in total. The van der Waals surface area contributed by atoms with Crippen LogP contribution in [0.5, 0.6) is 11.5 Å². The van der Waals surface area contributed by atoms with E-state index in [1.165, 1.54) is 16.2 Å².